The van der Waals surface area contributed by atoms with E-state index < -0.39 is 17.7 Å². The van der Waals surface area contributed by atoms with Crippen LogP contribution >= 0.6 is 0 Å². The van der Waals surface area contributed by atoms with Crippen LogP contribution in [-0.2, 0) is 16.1 Å². The van der Waals surface area contributed by atoms with Crippen molar-refractivity contribution in [3.8, 4) is 0 Å². The Labute approximate surface area is 144 Å². The van der Waals surface area contributed by atoms with E-state index in [-0.39, 0.29) is 17.9 Å². The van der Waals surface area contributed by atoms with Gasteiger partial charge in [-0.1, -0.05) is 36.4 Å². The van der Waals surface area contributed by atoms with Gasteiger partial charge in [0, 0.05) is 11.3 Å². The Kier molecular flexibility index (Phi) is 5.40. The van der Waals surface area contributed by atoms with Crippen LogP contribution in [0.1, 0.15) is 17.5 Å². The molecule has 0 atom stereocenters. The molecule has 6 heteroatoms. The Bertz CT molecular complexity index is 768. The SMILES string of the molecule is O=C(Nc1cc(F)c(C2=CCOCC2)c(F)c1)OCc1ccccc1. The molecule has 1 N–H and O–H groups in total. The fraction of sp³-hybridized carbons (Fsp3) is 0.211. The van der Waals surface area contributed by atoms with Crippen LogP contribution in [-0.4, -0.2) is 19.3 Å². The van der Waals surface area contributed by atoms with Crippen molar-refractivity contribution in [2.45, 2.75) is 13.0 Å². The molecule has 0 aromatic heterocycles. The molecule has 3 rings (SSSR count). The van der Waals surface area contributed by atoms with E-state index in [1.54, 1.807) is 6.08 Å². The summed E-state index contributed by atoms with van der Waals surface area (Å²) >= 11 is 0. The number of hydrogen-bond donors (Lipinski definition) is 1. The maximum atomic E-state index is 14.3. The second-order valence-electron chi connectivity index (χ2n) is 5.56. The highest BCUT2D eigenvalue weighted by Gasteiger charge is 2.18. The van der Waals surface area contributed by atoms with E-state index in [0.29, 0.717) is 25.2 Å². The number of carbonyl (C=O) groups is 1. The van der Waals surface area contributed by atoms with Crippen molar-refractivity contribution in [2.24, 2.45) is 0 Å². The fourth-order valence-electron chi connectivity index (χ4n) is 2.58. The molecular formula is C19H17F2NO3. The quantitative estimate of drug-likeness (QED) is 0.886. The van der Waals surface area contributed by atoms with Crippen molar-refractivity contribution in [1.82, 2.24) is 0 Å². The van der Waals surface area contributed by atoms with Crippen LogP contribution in [0.5, 0.6) is 0 Å². The minimum Gasteiger partial charge on any atom is -0.444 e. The van der Waals surface area contributed by atoms with Crippen LogP contribution in [0.4, 0.5) is 19.3 Å². The Hall–Kier alpha value is -2.73. The first kappa shape index (κ1) is 17.1. The van der Waals surface area contributed by atoms with E-state index in [1.807, 2.05) is 30.3 Å². The number of rotatable bonds is 4. The van der Waals surface area contributed by atoms with Gasteiger partial charge in [-0.3, -0.25) is 5.32 Å². The molecule has 0 unspecified atom stereocenters. The predicted octanol–water partition coefficient (Wildman–Crippen LogP) is 4.52. The van der Waals surface area contributed by atoms with Crippen LogP contribution in [0.25, 0.3) is 5.57 Å². The van der Waals surface area contributed by atoms with Gasteiger partial charge in [-0.25, -0.2) is 13.6 Å². The van der Waals surface area contributed by atoms with Gasteiger partial charge in [-0.15, -0.1) is 0 Å². The second kappa shape index (κ2) is 7.90. The van der Waals surface area contributed by atoms with Gasteiger partial charge in [0.2, 0.25) is 0 Å². The molecule has 2 aromatic rings. The van der Waals surface area contributed by atoms with Crippen molar-refractivity contribution in [2.75, 3.05) is 18.5 Å². The van der Waals surface area contributed by atoms with Crippen LogP contribution in [0, 0.1) is 11.6 Å². The summed E-state index contributed by atoms with van der Waals surface area (Å²) in [4.78, 5) is 11.8. The fourth-order valence-corrected chi connectivity index (χ4v) is 2.58. The lowest BCUT2D eigenvalue weighted by molar-refractivity contribution is 0.155. The van der Waals surface area contributed by atoms with E-state index in [4.69, 9.17) is 9.47 Å². The minimum absolute atomic E-state index is 0.00414. The number of halogens is 2. The van der Waals surface area contributed by atoms with Crippen LogP contribution in [0.2, 0.25) is 0 Å². The second-order valence-corrected chi connectivity index (χ2v) is 5.56. The van der Waals surface area contributed by atoms with Crippen molar-refractivity contribution >= 4 is 17.4 Å². The smallest absolute Gasteiger partial charge is 0.411 e. The maximum Gasteiger partial charge on any atom is 0.411 e. The van der Waals surface area contributed by atoms with Gasteiger partial charge < -0.3 is 9.47 Å². The number of anilines is 1. The van der Waals surface area contributed by atoms with Crippen molar-refractivity contribution < 1.29 is 23.0 Å². The van der Waals surface area contributed by atoms with E-state index in [9.17, 15) is 13.6 Å². The number of hydrogen-bond acceptors (Lipinski definition) is 3. The largest absolute Gasteiger partial charge is 0.444 e. The molecule has 0 fully saturated rings. The molecule has 0 spiro atoms. The topological polar surface area (TPSA) is 47.6 Å². The van der Waals surface area contributed by atoms with E-state index >= 15 is 0 Å². The van der Waals surface area contributed by atoms with Gasteiger partial charge in [-0.2, -0.15) is 0 Å². The molecule has 0 radical (unpaired) electrons. The highest BCUT2D eigenvalue weighted by molar-refractivity contribution is 5.85. The molecule has 1 aliphatic heterocycles. The first-order chi connectivity index (χ1) is 12.1. The summed E-state index contributed by atoms with van der Waals surface area (Å²) in [7, 11) is 0. The Morgan fingerprint density at radius 1 is 1.16 bits per heavy atom. The van der Waals surface area contributed by atoms with Gasteiger partial charge >= 0.3 is 6.09 Å². The summed E-state index contributed by atoms with van der Waals surface area (Å²) in [6.45, 7) is 0.833. The van der Waals surface area contributed by atoms with E-state index in [2.05, 4.69) is 5.32 Å². The number of carbonyl (C=O) groups excluding carboxylic acids is 1. The number of nitrogens with one attached hydrogen (secondary N) is 1. The predicted molar refractivity (Wildman–Crippen MR) is 90.0 cm³/mol. The molecule has 25 heavy (non-hydrogen) atoms. The highest BCUT2D eigenvalue weighted by Crippen LogP contribution is 2.29. The summed E-state index contributed by atoms with van der Waals surface area (Å²) in [6.07, 6.45) is 1.33. The van der Waals surface area contributed by atoms with Gasteiger partial charge in [0.15, 0.2) is 0 Å². The maximum absolute atomic E-state index is 14.3. The minimum atomic E-state index is -0.777. The van der Waals surface area contributed by atoms with Crippen LogP contribution < -0.4 is 5.32 Å². The number of amides is 1. The molecule has 2 aromatic carbocycles. The third kappa shape index (κ3) is 4.42. The van der Waals surface area contributed by atoms with Gasteiger partial charge in [0.25, 0.3) is 0 Å². The molecule has 0 saturated heterocycles. The zero-order valence-corrected chi connectivity index (χ0v) is 13.4. The van der Waals surface area contributed by atoms with Crippen LogP contribution in [0.15, 0.2) is 48.5 Å². The molecule has 1 aliphatic rings. The van der Waals surface area contributed by atoms with Crippen LogP contribution in [0.3, 0.4) is 0 Å². The number of ether oxygens (including phenoxy) is 2. The van der Waals surface area contributed by atoms with Crippen molar-refractivity contribution in [3.63, 3.8) is 0 Å². The lowest BCUT2D eigenvalue weighted by atomic mass is 10.00. The Morgan fingerprint density at radius 3 is 2.52 bits per heavy atom. The third-order valence-corrected chi connectivity index (χ3v) is 3.79. The zero-order chi connectivity index (χ0) is 17.6. The highest BCUT2D eigenvalue weighted by atomic mass is 19.1. The lowest BCUT2D eigenvalue weighted by Crippen LogP contribution is -2.14. The van der Waals surface area contributed by atoms with E-state index in [0.717, 1.165) is 17.7 Å². The molecule has 1 heterocycles. The third-order valence-electron chi connectivity index (χ3n) is 3.79. The summed E-state index contributed by atoms with van der Waals surface area (Å²) in [5.41, 5.74) is 1.31. The summed E-state index contributed by atoms with van der Waals surface area (Å²) < 4.78 is 38.7. The molecule has 130 valence electrons. The molecule has 4 nitrogen and oxygen atoms in total. The van der Waals surface area contributed by atoms with E-state index in [1.165, 1.54) is 0 Å². The van der Waals surface area contributed by atoms with Crippen molar-refractivity contribution in [3.05, 3.63) is 71.3 Å². The van der Waals surface area contributed by atoms with Gasteiger partial charge in [0.05, 0.1) is 13.2 Å². The normalized spacial score (nSPS) is 13.9. The Morgan fingerprint density at radius 2 is 1.88 bits per heavy atom. The zero-order valence-electron chi connectivity index (χ0n) is 13.4. The van der Waals surface area contributed by atoms with Crippen molar-refractivity contribution in [1.29, 1.82) is 0 Å². The van der Waals surface area contributed by atoms with Gasteiger partial charge in [0.1, 0.15) is 18.2 Å². The monoisotopic (exact) mass is 345 g/mol. The molecular weight excluding hydrogens is 328 g/mol. The van der Waals surface area contributed by atoms with Gasteiger partial charge in [-0.05, 0) is 29.7 Å². The lowest BCUT2D eigenvalue weighted by Gasteiger charge is -2.16. The standard InChI is InChI=1S/C19H17F2NO3/c20-16-10-15(11-17(21)18(16)14-6-8-24-9-7-14)22-19(23)25-12-13-4-2-1-3-5-13/h1-6,10-11H,7-9,12H2,(H,22,23). The average molecular weight is 345 g/mol. The average Bonchev–Trinajstić information content (AvgIpc) is 2.61. The summed E-state index contributed by atoms with van der Waals surface area (Å²) in [5.74, 6) is -1.46. The molecule has 0 aliphatic carbocycles. The summed E-state index contributed by atoms with van der Waals surface area (Å²) in [5, 5.41) is 2.34. The summed E-state index contributed by atoms with van der Waals surface area (Å²) in [6, 6.07) is 11.3. The molecule has 0 saturated carbocycles. The first-order valence-corrected chi connectivity index (χ1v) is 7.87. The molecule has 0 bridgehead atoms. The number of benzene rings is 2. The molecule has 1 amide bonds. The first-order valence-electron chi connectivity index (χ1n) is 7.87. The Balaban J connectivity index is 1.66.